The summed E-state index contributed by atoms with van der Waals surface area (Å²) in [6, 6.07) is 5.86. The molecule has 0 bridgehead atoms. The van der Waals surface area contributed by atoms with E-state index in [0.29, 0.717) is 0 Å². The Morgan fingerprint density at radius 2 is 2.00 bits per heavy atom. The van der Waals surface area contributed by atoms with Crippen LogP contribution >= 0.6 is 15.9 Å². The molecule has 0 atom stereocenters. The molecule has 1 N–H and O–H groups in total. The summed E-state index contributed by atoms with van der Waals surface area (Å²) in [6.07, 6.45) is 0.0989. The lowest BCUT2D eigenvalue weighted by molar-refractivity contribution is -0.136. The molecule has 1 aromatic rings. The van der Waals surface area contributed by atoms with Crippen LogP contribution in [0.1, 0.15) is 16.7 Å². The molecule has 0 aromatic heterocycles. The van der Waals surface area contributed by atoms with Crippen LogP contribution in [0.25, 0.3) is 0 Å². The number of aliphatic carboxylic acids is 1. The first-order valence-electron chi connectivity index (χ1n) is 3.99. The minimum Gasteiger partial charge on any atom is -0.481 e. The number of hydrogen-bond acceptors (Lipinski definition) is 1. The summed E-state index contributed by atoms with van der Waals surface area (Å²) in [7, 11) is 0. The van der Waals surface area contributed by atoms with Crippen LogP contribution in [0.4, 0.5) is 0 Å². The zero-order valence-electron chi connectivity index (χ0n) is 7.38. The first-order chi connectivity index (χ1) is 6.11. The third kappa shape index (κ3) is 3.19. The quantitative estimate of drug-likeness (QED) is 0.828. The first kappa shape index (κ1) is 10.3. The Hall–Kier alpha value is -0.830. The Labute approximate surface area is 85.7 Å². The van der Waals surface area contributed by atoms with Crippen LogP contribution in [0.2, 0.25) is 0 Å². The van der Waals surface area contributed by atoms with Crippen molar-refractivity contribution in [2.24, 2.45) is 0 Å². The zero-order valence-corrected chi connectivity index (χ0v) is 8.97. The molecule has 0 aliphatic carbocycles. The lowest BCUT2D eigenvalue weighted by atomic mass is 10.1. The summed E-state index contributed by atoms with van der Waals surface area (Å²) in [5.74, 6) is -0.786. The van der Waals surface area contributed by atoms with Crippen LogP contribution in [-0.2, 0) is 16.5 Å². The highest BCUT2D eigenvalue weighted by Crippen LogP contribution is 2.13. The van der Waals surface area contributed by atoms with Crippen LogP contribution < -0.4 is 0 Å². The minimum absolute atomic E-state index is 0.0989. The van der Waals surface area contributed by atoms with E-state index in [9.17, 15) is 4.79 Å². The van der Waals surface area contributed by atoms with Gasteiger partial charge in [0.05, 0.1) is 6.42 Å². The number of halogens is 1. The van der Waals surface area contributed by atoms with E-state index in [1.165, 1.54) is 0 Å². The van der Waals surface area contributed by atoms with Gasteiger partial charge in [0, 0.05) is 5.33 Å². The Morgan fingerprint density at radius 3 is 2.54 bits per heavy atom. The number of benzene rings is 1. The molecule has 0 radical (unpaired) electrons. The van der Waals surface area contributed by atoms with E-state index in [0.717, 1.165) is 22.0 Å². The van der Waals surface area contributed by atoms with E-state index >= 15 is 0 Å². The van der Waals surface area contributed by atoms with Crippen molar-refractivity contribution in [1.29, 1.82) is 0 Å². The van der Waals surface area contributed by atoms with Crippen LogP contribution in [0.3, 0.4) is 0 Å². The molecule has 0 fully saturated rings. The van der Waals surface area contributed by atoms with Crippen molar-refractivity contribution in [3.8, 4) is 0 Å². The highest BCUT2D eigenvalue weighted by molar-refractivity contribution is 9.08. The predicted octanol–water partition coefficient (Wildman–Crippen LogP) is 2.52. The van der Waals surface area contributed by atoms with Gasteiger partial charge in [0.2, 0.25) is 0 Å². The fourth-order valence-corrected chi connectivity index (χ4v) is 1.63. The Kier molecular flexibility index (Phi) is 3.48. The lowest BCUT2D eigenvalue weighted by Gasteiger charge is -2.02. The second kappa shape index (κ2) is 4.42. The summed E-state index contributed by atoms with van der Waals surface area (Å²) >= 11 is 3.34. The van der Waals surface area contributed by atoms with Gasteiger partial charge in [-0.05, 0) is 18.1 Å². The Balaban J connectivity index is 2.94. The average Bonchev–Trinajstić information content (AvgIpc) is 2.01. The maximum atomic E-state index is 10.5. The molecule has 1 rings (SSSR count). The van der Waals surface area contributed by atoms with Crippen molar-refractivity contribution in [1.82, 2.24) is 0 Å². The van der Waals surface area contributed by atoms with Crippen LogP contribution in [0.15, 0.2) is 18.2 Å². The standard InChI is InChI=1S/C10H11BrO2/c1-7-2-8(5-10(12)13)4-9(3-7)6-11/h2-4H,5-6H2,1H3,(H,12,13). The molecule has 3 heteroatoms. The van der Waals surface area contributed by atoms with Crippen LogP contribution in [-0.4, -0.2) is 11.1 Å². The largest absolute Gasteiger partial charge is 0.481 e. The van der Waals surface area contributed by atoms with E-state index in [-0.39, 0.29) is 6.42 Å². The number of carbonyl (C=O) groups is 1. The smallest absolute Gasteiger partial charge is 0.307 e. The summed E-state index contributed by atoms with van der Waals surface area (Å²) < 4.78 is 0. The monoisotopic (exact) mass is 242 g/mol. The zero-order chi connectivity index (χ0) is 9.84. The molecule has 0 aliphatic rings. The molecule has 2 nitrogen and oxygen atoms in total. The normalized spacial score (nSPS) is 10.0. The lowest BCUT2D eigenvalue weighted by Crippen LogP contribution is -2.00. The van der Waals surface area contributed by atoms with Gasteiger partial charge < -0.3 is 5.11 Å². The maximum Gasteiger partial charge on any atom is 0.307 e. The fraction of sp³-hybridized carbons (Fsp3) is 0.300. The highest BCUT2D eigenvalue weighted by Gasteiger charge is 2.02. The number of carboxylic acids is 1. The first-order valence-corrected chi connectivity index (χ1v) is 5.11. The third-order valence-electron chi connectivity index (χ3n) is 1.71. The van der Waals surface area contributed by atoms with Crippen LogP contribution in [0.5, 0.6) is 0 Å². The van der Waals surface area contributed by atoms with E-state index < -0.39 is 5.97 Å². The van der Waals surface area contributed by atoms with Crippen molar-refractivity contribution in [3.63, 3.8) is 0 Å². The fourth-order valence-electron chi connectivity index (χ4n) is 1.30. The van der Waals surface area contributed by atoms with Crippen molar-refractivity contribution in [2.75, 3.05) is 0 Å². The van der Waals surface area contributed by atoms with Crippen molar-refractivity contribution < 1.29 is 9.90 Å². The van der Waals surface area contributed by atoms with E-state index in [2.05, 4.69) is 15.9 Å². The Bertz CT molecular complexity index is 321. The summed E-state index contributed by atoms with van der Waals surface area (Å²) in [6.45, 7) is 1.97. The van der Waals surface area contributed by atoms with Crippen molar-refractivity contribution >= 4 is 21.9 Å². The molecule has 0 heterocycles. The van der Waals surface area contributed by atoms with Gasteiger partial charge in [0.25, 0.3) is 0 Å². The molecule has 0 saturated heterocycles. The van der Waals surface area contributed by atoms with E-state index in [1.54, 1.807) is 0 Å². The Morgan fingerprint density at radius 1 is 1.38 bits per heavy atom. The second-order valence-electron chi connectivity index (χ2n) is 3.03. The molecule has 0 saturated carbocycles. The predicted molar refractivity (Wildman–Crippen MR) is 55.1 cm³/mol. The van der Waals surface area contributed by atoms with Crippen molar-refractivity contribution in [2.45, 2.75) is 18.7 Å². The average molecular weight is 243 g/mol. The molecular weight excluding hydrogens is 232 g/mol. The van der Waals surface area contributed by atoms with Gasteiger partial charge >= 0.3 is 5.97 Å². The van der Waals surface area contributed by atoms with Gasteiger partial charge in [-0.2, -0.15) is 0 Å². The van der Waals surface area contributed by atoms with Gasteiger partial charge in [-0.15, -0.1) is 0 Å². The van der Waals surface area contributed by atoms with Gasteiger partial charge in [-0.3, -0.25) is 4.79 Å². The number of rotatable bonds is 3. The van der Waals surface area contributed by atoms with Gasteiger partial charge in [0.15, 0.2) is 0 Å². The molecular formula is C10H11BrO2. The van der Waals surface area contributed by atoms with E-state index in [4.69, 9.17) is 5.11 Å². The SMILES string of the molecule is Cc1cc(CBr)cc(CC(=O)O)c1. The topological polar surface area (TPSA) is 37.3 Å². The molecule has 0 unspecified atom stereocenters. The van der Waals surface area contributed by atoms with Crippen LogP contribution in [0, 0.1) is 6.92 Å². The van der Waals surface area contributed by atoms with Gasteiger partial charge in [-0.25, -0.2) is 0 Å². The third-order valence-corrected chi connectivity index (χ3v) is 2.35. The molecule has 70 valence electrons. The number of alkyl halides is 1. The summed E-state index contributed by atoms with van der Waals surface area (Å²) in [4.78, 5) is 10.5. The number of hydrogen-bond donors (Lipinski definition) is 1. The summed E-state index contributed by atoms with van der Waals surface area (Å²) in [5, 5.41) is 9.37. The highest BCUT2D eigenvalue weighted by atomic mass is 79.9. The van der Waals surface area contributed by atoms with Gasteiger partial charge in [0.1, 0.15) is 0 Å². The molecule has 13 heavy (non-hydrogen) atoms. The summed E-state index contributed by atoms with van der Waals surface area (Å²) in [5.41, 5.74) is 3.09. The second-order valence-corrected chi connectivity index (χ2v) is 3.59. The van der Waals surface area contributed by atoms with Crippen molar-refractivity contribution in [3.05, 3.63) is 34.9 Å². The number of carboxylic acid groups (broad SMARTS) is 1. The van der Waals surface area contributed by atoms with E-state index in [1.807, 2.05) is 25.1 Å². The minimum atomic E-state index is -0.786. The molecule has 0 spiro atoms. The molecule has 1 aromatic carbocycles. The van der Waals surface area contributed by atoms with Gasteiger partial charge in [-0.1, -0.05) is 39.7 Å². The molecule has 0 amide bonds. The number of aryl methyl sites for hydroxylation is 1. The molecule has 0 aliphatic heterocycles. The maximum absolute atomic E-state index is 10.5.